The highest BCUT2D eigenvalue weighted by molar-refractivity contribution is 6.08. The second-order valence-electron chi connectivity index (χ2n) is 9.53. The molecule has 0 spiro atoms. The molecule has 4 aromatic rings. The molecule has 1 amide bonds. The Kier molecular flexibility index (Phi) is 7.20. The molecule has 0 saturated heterocycles. The van der Waals surface area contributed by atoms with E-state index in [1.54, 1.807) is 30.5 Å². The second-order valence-corrected chi connectivity index (χ2v) is 9.53. The summed E-state index contributed by atoms with van der Waals surface area (Å²) in [5.74, 6) is 0.539. The van der Waals surface area contributed by atoms with Gasteiger partial charge in [-0.3, -0.25) is 9.69 Å². The average Bonchev–Trinajstić information content (AvgIpc) is 3.41. The molecule has 1 aliphatic heterocycles. The van der Waals surface area contributed by atoms with Crippen molar-refractivity contribution >= 4 is 17.7 Å². The molecule has 1 N–H and O–H groups in total. The molecule has 0 fully saturated rings. The summed E-state index contributed by atoms with van der Waals surface area (Å²) in [6.07, 6.45) is 0.181. The van der Waals surface area contributed by atoms with Crippen LogP contribution in [0.1, 0.15) is 39.7 Å². The number of carbonyl (C=O) groups is 1. The van der Waals surface area contributed by atoms with Gasteiger partial charge in [0.2, 0.25) is 0 Å². The summed E-state index contributed by atoms with van der Waals surface area (Å²) in [6, 6.07) is 21.5. The quantitative estimate of drug-likeness (QED) is 0.286. The van der Waals surface area contributed by atoms with Crippen molar-refractivity contribution in [2.75, 3.05) is 18.4 Å². The van der Waals surface area contributed by atoms with Gasteiger partial charge in [0.15, 0.2) is 0 Å². The number of nitrogens with one attached hydrogen (secondary N) is 1. The van der Waals surface area contributed by atoms with E-state index < -0.39 is 11.7 Å². The number of hydrogen-bond donors (Lipinski definition) is 1. The minimum Gasteiger partial charge on any atom is -0.465 e. The molecule has 0 unspecified atom stereocenters. The number of fused-ring (bicyclic) bond motifs is 1. The van der Waals surface area contributed by atoms with Crippen molar-refractivity contribution in [1.29, 1.82) is 0 Å². The first-order valence-corrected chi connectivity index (χ1v) is 12.4. The molecule has 4 nitrogen and oxygen atoms in total. The predicted molar refractivity (Wildman–Crippen MR) is 143 cm³/mol. The van der Waals surface area contributed by atoms with Gasteiger partial charge in [-0.25, -0.2) is 0 Å². The zero-order valence-corrected chi connectivity index (χ0v) is 20.9. The number of rotatable bonds is 6. The van der Waals surface area contributed by atoms with E-state index in [4.69, 9.17) is 4.42 Å². The molecule has 1 aliphatic rings. The van der Waals surface area contributed by atoms with Crippen LogP contribution in [0, 0.1) is 0 Å². The summed E-state index contributed by atoms with van der Waals surface area (Å²) in [4.78, 5) is 15.6. The van der Waals surface area contributed by atoms with Crippen molar-refractivity contribution in [1.82, 2.24) is 4.90 Å². The van der Waals surface area contributed by atoms with E-state index in [-0.39, 0.29) is 5.91 Å². The van der Waals surface area contributed by atoms with Crippen LogP contribution in [-0.2, 0) is 19.1 Å². The minimum atomic E-state index is -4.41. The van der Waals surface area contributed by atoms with Gasteiger partial charge in [0.1, 0.15) is 5.76 Å². The fourth-order valence-corrected chi connectivity index (χ4v) is 4.81. The number of alkyl halides is 3. The summed E-state index contributed by atoms with van der Waals surface area (Å²) >= 11 is 0. The largest absolute Gasteiger partial charge is 0.465 e. The molecule has 5 rings (SSSR count). The van der Waals surface area contributed by atoms with Crippen LogP contribution in [0.2, 0.25) is 0 Å². The standard InChI is InChI=1S/C31H27F3N2O2/c1-21(17-27-5-4-16-38-27)19-36-15-14-23-18-26(13-10-24(23)20-36)35-30(37)29-7-3-2-6-28(29)22-8-11-25(12-9-22)31(32,33)34/h2-13,16-18H,14-15,19-20H2,1H3,(H,35,37). The molecule has 3 aromatic carbocycles. The second kappa shape index (κ2) is 10.7. The summed E-state index contributed by atoms with van der Waals surface area (Å²) in [5.41, 5.74) is 5.13. The number of hydrogen-bond acceptors (Lipinski definition) is 3. The number of nitrogens with zero attached hydrogens (tertiary/aromatic N) is 1. The molecule has 1 aromatic heterocycles. The van der Waals surface area contributed by atoms with E-state index in [2.05, 4.69) is 23.2 Å². The number of amides is 1. The third-order valence-electron chi connectivity index (χ3n) is 6.66. The monoisotopic (exact) mass is 516 g/mol. The normalized spacial score (nSPS) is 14.3. The van der Waals surface area contributed by atoms with Crippen LogP contribution < -0.4 is 5.32 Å². The van der Waals surface area contributed by atoms with E-state index in [0.717, 1.165) is 43.9 Å². The Balaban J connectivity index is 1.27. The maximum atomic E-state index is 13.2. The van der Waals surface area contributed by atoms with Gasteiger partial charge in [0.05, 0.1) is 11.8 Å². The average molecular weight is 517 g/mol. The van der Waals surface area contributed by atoms with E-state index in [9.17, 15) is 18.0 Å². The fraction of sp³-hybridized carbons (Fsp3) is 0.194. The maximum Gasteiger partial charge on any atom is 0.416 e. The van der Waals surface area contributed by atoms with Gasteiger partial charge < -0.3 is 9.73 Å². The lowest BCUT2D eigenvalue weighted by molar-refractivity contribution is -0.137. The summed E-state index contributed by atoms with van der Waals surface area (Å²) in [5, 5.41) is 2.97. The van der Waals surface area contributed by atoms with Gasteiger partial charge >= 0.3 is 6.18 Å². The molecule has 0 aliphatic carbocycles. The van der Waals surface area contributed by atoms with Crippen LogP contribution in [0.25, 0.3) is 17.2 Å². The van der Waals surface area contributed by atoms with E-state index >= 15 is 0 Å². The molecule has 0 saturated carbocycles. The molecule has 2 heterocycles. The number of anilines is 1. The molecule has 194 valence electrons. The lowest BCUT2D eigenvalue weighted by Gasteiger charge is -2.29. The first kappa shape index (κ1) is 25.5. The Hall–Kier alpha value is -4.10. The van der Waals surface area contributed by atoms with Crippen molar-refractivity contribution in [3.63, 3.8) is 0 Å². The number of benzene rings is 3. The summed E-state index contributed by atoms with van der Waals surface area (Å²) < 4.78 is 44.3. The van der Waals surface area contributed by atoms with Crippen molar-refractivity contribution in [2.45, 2.75) is 26.1 Å². The van der Waals surface area contributed by atoms with Crippen molar-refractivity contribution < 1.29 is 22.4 Å². The van der Waals surface area contributed by atoms with Crippen LogP contribution in [0.15, 0.2) is 95.1 Å². The van der Waals surface area contributed by atoms with Gasteiger partial charge in [-0.1, -0.05) is 42.0 Å². The number of carbonyl (C=O) groups excluding carboxylic acids is 1. The van der Waals surface area contributed by atoms with Crippen molar-refractivity contribution in [3.8, 4) is 11.1 Å². The Morgan fingerprint density at radius 1 is 1.00 bits per heavy atom. The molecular weight excluding hydrogens is 489 g/mol. The number of furan rings is 1. The van der Waals surface area contributed by atoms with Crippen LogP contribution >= 0.6 is 0 Å². The lowest BCUT2D eigenvalue weighted by Crippen LogP contribution is -2.31. The van der Waals surface area contributed by atoms with Crippen LogP contribution in [-0.4, -0.2) is 23.9 Å². The molecular formula is C31H27F3N2O2. The third kappa shape index (κ3) is 5.89. The molecule has 7 heteroatoms. The highest BCUT2D eigenvalue weighted by atomic mass is 19.4. The first-order valence-electron chi connectivity index (χ1n) is 12.4. The minimum absolute atomic E-state index is 0.309. The van der Waals surface area contributed by atoms with Crippen molar-refractivity contribution in [3.05, 3.63) is 119 Å². The highest BCUT2D eigenvalue weighted by Gasteiger charge is 2.30. The van der Waals surface area contributed by atoms with Crippen molar-refractivity contribution in [2.24, 2.45) is 0 Å². The van der Waals surface area contributed by atoms with Gasteiger partial charge in [-0.15, -0.1) is 0 Å². The van der Waals surface area contributed by atoms with E-state index in [1.165, 1.54) is 28.8 Å². The zero-order chi connectivity index (χ0) is 26.7. The van der Waals surface area contributed by atoms with Gasteiger partial charge in [0, 0.05) is 30.9 Å². The fourth-order valence-electron chi connectivity index (χ4n) is 4.81. The number of halogens is 3. The third-order valence-corrected chi connectivity index (χ3v) is 6.66. The Morgan fingerprint density at radius 2 is 1.79 bits per heavy atom. The topological polar surface area (TPSA) is 45.5 Å². The molecule has 0 atom stereocenters. The Bertz CT molecular complexity index is 1460. The van der Waals surface area contributed by atoms with Gasteiger partial charge in [-0.2, -0.15) is 13.2 Å². The highest BCUT2D eigenvalue weighted by Crippen LogP contribution is 2.32. The van der Waals surface area contributed by atoms with Gasteiger partial charge in [0.25, 0.3) is 5.91 Å². The summed E-state index contributed by atoms with van der Waals surface area (Å²) in [6.45, 7) is 4.67. The maximum absolute atomic E-state index is 13.2. The van der Waals surface area contributed by atoms with E-state index in [0.29, 0.717) is 22.4 Å². The lowest BCUT2D eigenvalue weighted by atomic mass is 9.97. The Labute approximate surface area is 219 Å². The van der Waals surface area contributed by atoms with Crippen LogP contribution in [0.3, 0.4) is 0 Å². The van der Waals surface area contributed by atoms with Crippen LogP contribution in [0.4, 0.5) is 18.9 Å². The summed E-state index contributed by atoms with van der Waals surface area (Å²) in [7, 11) is 0. The van der Waals surface area contributed by atoms with E-state index in [1.807, 2.05) is 30.3 Å². The first-order chi connectivity index (χ1) is 18.3. The predicted octanol–water partition coefficient (Wildman–Crippen LogP) is 7.68. The van der Waals surface area contributed by atoms with Crippen LogP contribution in [0.5, 0.6) is 0 Å². The molecule has 0 radical (unpaired) electrons. The molecule has 0 bridgehead atoms. The molecule has 38 heavy (non-hydrogen) atoms. The Morgan fingerprint density at radius 3 is 2.53 bits per heavy atom. The smallest absolute Gasteiger partial charge is 0.416 e. The zero-order valence-electron chi connectivity index (χ0n) is 20.9. The van der Waals surface area contributed by atoms with Gasteiger partial charge in [-0.05, 0) is 84.1 Å². The SMILES string of the molecule is CC(=Cc1ccco1)CN1CCc2cc(NC(=O)c3ccccc3-c3ccc(C(F)(F)F)cc3)ccc2C1.